The van der Waals surface area contributed by atoms with Crippen molar-refractivity contribution in [1.29, 1.82) is 0 Å². The molecule has 1 aliphatic rings. The first kappa shape index (κ1) is 22.9. The summed E-state index contributed by atoms with van der Waals surface area (Å²) in [5, 5.41) is 12.9. The fourth-order valence-corrected chi connectivity index (χ4v) is 4.34. The first-order valence-corrected chi connectivity index (χ1v) is 11.6. The third-order valence-electron chi connectivity index (χ3n) is 6.13. The summed E-state index contributed by atoms with van der Waals surface area (Å²) >= 11 is 0. The summed E-state index contributed by atoms with van der Waals surface area (Å²) < 4.78 is 14.0. The van der Waals surface area contributed by atoms with Gasteiger partial charge in [-0.2, -0.15) is 4.98 Å². The van der Waals surface area contributed by atoms with E-state index < -0.39 is 0 Å². The van der Waals surface area contributed by atoms with Crippen molar-refractivity contribution >= 4 is 11.5 Å². The highest BCUT2D eigenvalue weighted by Gasteiger charge is 2.25. The minimum Gasteiger partial charge on any atom is -0.494 e. The molecule has 1 atom stereocenters. The molecule has 180 valence electrons. The molecule has 1 unspecified atom stereocenters. The fraction of sp³-hybridized carbons (Fsp3) is 0.259. The molecule has 0 fully saturated rings. The van der Waals surface area contributed by atoms with Crippen molar-refractivity contribution in [2.45, 2.75) is 19.6 Å². The average Bonchev–Trinajstić information content (AvgIpc) is 3.22. The molecule has 0 radical (unpaired) electrons. The number of aryl methyl sites for hydroxylation is 1. The molecule has 0 spiro atoms. The monoisotopic (exact) mass is 471 g/mol. The van der Waals surface area contributed by atoms with Crippen LogP contribution >= 0.6 is 0 Å². The highest BCUT2D eigenvalue weighted by Crippen LogP contribution is 2.33. The lowest BCUT2D eigenvalue weighted by Crippen LogP contribution is -2.30. The normalized spacial score (nSPS) is 15.7. The van der Waals surface area contributed by atoms with Crippen LogP contribution in [0.25, 0.3) is 5.69 Å². The van der Waals surface area contributed by atoms with Gasteiger partial charge >= 0.3 is 0 Å². The molecule has 8 nitrogen and oxygen atoms in total. The number of imidazole rings is 1. The second-order valence-corrected chi connectivity index (χ2v) is 8.55. The van der Waals surface area contributed by atoms with Crippen LogP contribution in [0.5, 0.6) is 11.6 Å². The smallest absolute Gasteiger partial charge is 0.220 e. The van der Waals surface area contributed by atoms with Crippen LogP contribution in [0.4, 0.5) is 11.5 Å². The average molecular weight is 472 g/mol. The molecule has 8 heteroatoms. The van der Waals surface area contributed by atoms with Crippen LogP contribution in [0.15, 0.2) is 73.2 Å². The van der Waals surface area contributed by atoms with E-state index >= 15 is 0 Å². The van der Waals surface area contributed by atoms with Gasteiger partial charge < -0.3 is 19.9 Å². The van der Waals surface area contributed by atoms with Gasteiger partial charge in [-0.1, -0.05) is 30.3 Å². The molecule has 35 heavy (non-hydrogen) atoms. The van der Waals surface area contributed by atoms with E-state index in [2.05, 4.69) is 27.3 Å². The van der Waals surface area contributed by atoms with Crippen molar-refractivity contribution in [3.05, 3.63) is 90.0 Å². The lowest BCUT2D eigenvalue weighted by Gasteiger charge is -2.23. The molecule has 0 amide bonds. The van der Waals surface area contributed by atoms with Crippen LogP contribution in [-0.4, -0.2) is 51.3 Å². The Hall–Kier alpha value is -3.88. The van der Waals surface area contributed by atoms with Crippen LogP contribution in [0.1, 0.15) is 22.9 Å². The third-order valence-corrected chi connectivity index (χ3v) is 6.13. The molecule has 0 bridgehead atoms. The highest BCUT2D eigenvalue weighted by atomic mass is 16.5. The number of aliphatic hydroxyl groups excluding tert-OH is 1. The molecule has 4 aromatic rings. The van der Waals surface area contributed by atoms with Crippen molar-refractivity contribution in [2.75, 3.05) is 32.1 Å². The van der Waals surface area contributed by atoms with Crippen LogP contribution in [0.3, 0.4) is 0 Å². The molecule has 0 aliphatic carbocycles. The Labute approximate surface area is 204 Å². The van der Waals surface area contributed by atoms with Crippen molar-refractivity contribution in [3.63, 3.8) is 0 Å². The predicted octanol–water partition coefficient (Wildman–Crippen LogP) is 4.26. The van der Waals surface area contributed by atoms with E-state index in [4.69, 9.17) is 14.5 Å². The summed E-state index contributed by atoms with van der Waals surface area (Å²) in [6.45, 7) is 4.02. The van der Waals surface area contributed by atoms with E-state index in [-0.39, 0.29) is 12.7 Å². The van der Waals surface area contributed by atoms with Crippen molar-refractivity contribution in [1.82, 2.24) is 19.4 Å². The maximum Gasteiger partial charge on any atom is 0.220 e. The topological polar surface area (TPSA) is 84.7 Å². The van der Waals surface area contributed by atoms with E-state index in [1.54, 1.807) is 13.4 Å². The minimum absolute atomic E-state index is 0.0976. The minimum atomic E-state index is -0.176. The van der Waals surface area contributed by atoms with Gasteiger partial charge in [0.1, 0.15) is 17.7 Å². The second-order valence-electron chi connectivity index (χ2n) is 8.55. The van der Waals surface area contributed by atoms with Gasteiger partial charge in [-0.25, -0.2) is 4.98 Å². The van der Waals surface area contributed by atoms with E-state index in [0.29, 0.717) is 31.3 Å². The Morgan fingerprint density at radius 3 is 2.74 bits per heavy atom. The quantitative estimate of drug-likeness (QED) is 0.417. The number of nitrogens with one attached hydrogen (secondary N) is 1. The summed E-state index contributed by atoms with van der Waals surface area (Å²) in [6.07, 6.45) is 3.41. The number of hydrogen-bond acceptors (Lipinski definition) is 7. The summed E-state index contributed by atoms with van der Waals surface area (Å²) in [4.78, 5) is 11.2. The fourth-order valence-electron chi connectivity index (χ4n) is 4.34. The van der Waals surface area contributed by atoms with E-state index in [1.807, 2.05) is 66.2 Å². The summed E-state index contributed by atoms with van der Waals surface area (Å²) in [6, 6.07) is 20.0. The summed E-state index contributed by atoms with van der Waals surface area (Å²) in [5.74, 6) is 2.01. The third kappa shape index (κ3) is 4.99. The van der Waals surface area contributed by atoms with Crippen LogP contribution in [0.2, 0.25) is 0 Å². The maximum atomic E-state index is 9.54. The zero-order chi connectivity index (χ0) is 24.2. The second kappa shape index (κ2) is 10.2. The number of benzene rings is 2. The Morgan fingerprint density at radius 1 is 1.14 bits per heavy atom. The van der Waals surface area contributed by atoms with Crippen LogP contribution < -0.4 is 14.8 Å². The first-order chi connectivity index (χ1) is 17.1. The van der Waals surface area contributed by atoms with Crippen molar-refractivity contribution in [3.8, 4) is 17.3 Å². The number of ether oxygens (including phenoxy) is 2. The van der Waals surface area contributed by atoms with E-state index in [1.165, 1.54) is 0 Å². The maximum absolute atomic E-state index is 9.54. The van der Waals surface area contributed by atoms with E-state index in [9.17, 15) is 5.11 Å². The predicted molar refractivity (Wildman–Crippen MR) is 135 cm³/mol. The largest absolute Gasteiger partial charge is 0.494 e. The molecule has 0 saturated carbocycles. The van der Waals surface area contributed by atoms with E-state index in [0.717, 1.165) is 33.9 Å². The molecular formula is C27H29N5O3. The van der Waals surface area contributed by atoms with Crippen LogP contribution in [0, 0.1) is 6.92 Å². The summed E-state index contributed by atoms with van der Waals surface area (Å²) in [7, 11) is 1.66. The number of anilines is 2. The number of fused-ring (bicyclic) bond motifs is 1. The molecular weight excluding hydrogens is 442 g/mol. The number of methoxy groups -OCH3 is 1. The molecule has 2 N–H and O–H groups in total. The Morgan fingerprint density at radius 2 is 2.00 bits per heavy atom. The van der Waals surface area contributed by atoms with Crippen molar-refractivity contribution in [2.24, 2.45) is 0 Å². The summed E-state index contributed by atoms with van der Waals surface area (Å²) in [5.41, 5.74) is 4.87. The number of rotatable bonds is 7. The number of aromatic nitrogens is 3. The highest BCUT2D eigenvalue weighted by molar-refractivity contribution is 5.64. The number of pyridine rings is 1. The first-order valence-electron chi connectivity index (χ1n) is 11.6. The number of aliphatic hydroxyl groups is 1. The van der Waals surface area contributed by atoms with Gasteiger partial charge in [-0.05, 0) is 36.8 Å². The van der Waals surface area contributed by atoms with Gasteiger partial charge in [0.25, 0.3) is 0 Å². The number of hydrogen-bond donors (Lipinski definition) is 2. The zero-order valence-electron chi connectivity index (χ0n) is 19.9. The van der Waals surface area contributed by atoms with Gasteiger partial charge in [0, 0.05) is 48.8 Å². The van der Waals surface area contributed by atoms with Gasteiger partial charge in [0.2, 0.25) is 5.88 Å². The Bertz CT molecular complexity index is 1290. The zero-order valence-corrected chi connectivity index (χ0v) is 19.9. The molecule has 5 rings (SSSR count). The van der Waals surface area contributed by atoms with Gasteiger partial charge in [-0.15, -0.1) is 0 Å². The van der Waals surface area contributed by atoms with Gasteiger partial charge in [-0.3, -0.25) is 9.47 Å². The van der Waals surface area contributed by atoms with Crippen LogP contribution in [-0.2, 0) is 6.54 Å². The molecule has 0 saturated heterocycles. The number of nitrogens with zero attached hydrogens (tertiary/aromatic N) is 4. The molecule has 3 heterocycles. The Kier molecular flexibility index (Phi) is 6.65. The molecule has 1 aliphatic heterocycles. The SMILES string of the molecule is COc1cc(Nc2ccc3c(n2)OC(c2ccccc2)CN(CCO)C3)ccc1-n1cncc1C. The van der Waals surface area contributed by atoms with Gasteiger partial charge in [0.15, 0.2) is 0 Å². The van der Waals surface area contributed by atoms with Crippen molar-refractivity contribution < 1.29 is 14.6 Å². The lowest BCUT2D eigenvalue weighted by atomic mass is 10.1. The molecule has 2 aromatic carbocycles. The molecule has 2 aromatic heterocycles. The Balaban J connectivity index is 1.42. The number of β-amino-alcohol motifs (C(OH)–C–C–N with tert-alkyl or cyclic N) is 1. The standard InChI is InChI=1S/C27H29N5O3/c1-19-15-28-18-32(19)23-10-9-22(14-24(23)34-2)29-26-11-8-21-16-31(12-13-33)17-25(35-27(21)30-26)20-6-4-3-5-7-20/h3-11,14-15,18,25,33H,12-13,16-17H2,1-2H3,(H,29,30). The van der Waals surface area contributed by atoms with Gasteiger partial charge in [0.05, 0.1) is 25.7 Å². The lowest BCUT2D eigenvalue weighted by molar-refractivity contribution is 0.126.